The van der Waals surface area contributed by atoms with Crippen LogP contribution in [0.5, 0.6) is 0 Å². The minimum atomic E-state index is 0.434. The van der Waals surface area contributed by atoms with Crippen molar-refractivity contribution in [1.29, 1.82) is 0 Å². The zero-order valence-electron chi connectivity index (χ0n) is 14.0. The second-order valence-electron chi connectivity index (χ2n) is 7.52. The summed E-state index contributed by atoms with van der Waals surface area (Å²) in [5.74, 6) is 0.837. The van der Waals surface area contributed by atoms with Gasteiger partial charge in [0.2, 0.25) is 0 Å². The molecule has 0 aromatic rings. The third kappa shape index (κ3) is 3.96. The molecule has 1 heterocycles. The summed E-state index contributed by atoms with van der Waals surface area (Å²) in [6.45, 7) is 11.4. The average Bonchev–Trinajstić information content (AvgIpc) is 2.72. The summed E-state index contributed by atoms with van der Waals surface area (Å²) in [6.07, 6.45) is 6.40. The Kier molecular flexibility index (Phi) is 5.88. The molecule has 0 bridgehead atoms. The quantitative estimate of drug-likeness (QED) is 0.811. The zero-order valence-corrected chi connectivity index (χ0v) is 14.0. The number of rotatable bonds is 6. The molecule has 0 amide bonds. The van der Waals surface area contributed by atoms with Crippen molar-refractivity contribution in [1.82, 2.24) is 10.2 Å². The first kappa shape index (κ1) is 16.3. The van der Waals surface area contributed by atoms with E-state index in [0.717, 1.165) is 25.7 Å². The lowest BCUT2D eigenvalue weighted by Gasteiger charge is -2.38. The summed E-state index contributed by atoms with van der Waals surface area (Å²) in [5, 5.41) is 3.82. The Morgan fingerprint density at radius 2 is 1.90 bits per heavy atom. The van der Waals surface area contributed by atoms with Gasteiger partial charge in [-0.25, -0.2) is 0 Å². The number of likely N-dealkylation sites (N-methyl/N-ethyl adjacent to an activating group) is 1. The standard InChI is InChI=1S/C17H34N2O/c1-5-10-18-16-15(6-9-17(16,2)3)19(4)13-14-7-11-20-12-8-14/h14-16,18H,5-13H2,1-4H3. The van der Waals surface area contributed by atoms with E-state index in [1.165, 1.54) is 38.6 Å². The van der Waals surface area contributed by atoms with Crippen LogP contribution < -0.4 is 5.32 Å². The number of hydrogen-bond donors (Lipinski definition) is 1. The van der Waals surface area contributed by atoms with E-state index in [1.54, 1.807) is 0 Å². The minimum Gasteiger partial charge on any atom is -0.381 e. The molecule has 0 spiro atoms. The van der Waals surface area contributed by atoms with E-state index in [2.05, 4.69) is 38.0 Å². The monoisotopic (exact) mass is 282 g/mol. The van der Waals surface area contributed by atoms with Crippen molar-refractivity contribution in [2.24, 2.45) is 11.3 Å². The van der Waals surface area contributed by atoms with E-state index >= 15 is 0 Å². The fourth-order valence-corrected chi connectivity index (χ4v) is 4.02. The largest absolute Gasteiger partial charge is 0.381 e. The van der Waals surface area contributed by atoms with Gasteiger partial charge in [0, 0.05) is 31.8 Å². The predicted octanol–water partition coefficient (Wildman–Crippen LogP) is 2.90. The van der Waals surface area contributed by atoms with Crippen LogP contribution in [0.1, 0.15) is 52.9 Å². The molecule has 1 aliphatic carbocycles. The highest BCUT2D eigenvalue weighted by atomic mass is 16.5. The molecule has 0 aromatic carbocycles. The number of hydrogen-bond acceptors (Lipinski definition) is 3. The van der Waals surface area contributed by atoms with E-state index in [-0.39, 0.29) is 0 Å². The average molecular weight is 282 g/mol. The van der Waals surface area contributed by atoms with Gasteiger partial charge in [-0.15, -0.1) is 0 Å². The van der Waals surface area contributed by atoms with Crippen molar-refractivity contribution in [3.63, 3.8) is 0 Å². The molecule has 0 aromatic heterocycles. The molecule has 118 valence electrons. The van der Waals surface area contributed by atoms with Crippen molar-refractivity contribution < 1.29 is 4.74 Å². The summed E-state index contributed by atoms with van der Waals surface area (Å²) >= 11 is 0. The molecule has 2 unspecified atom stereocenters. The summed E-state index contributed by atoms with van der Waals surface area (Å²) in [7, 11) is 2.34. The number of nitrogens with one attached hydrogen (secondary N) is 1. The molecule has 1 aliphatic heterocycles. The molecule has 2 rings (SSSR count). The highest BCUT2D eigenvalue weighted by Crippen LogP contribution is 2.40. The normalized spacial score (nSPS) is 31.1. The van der Waals surface area contributed by atoms with Crippen LogP contribution in [0.4, 0.5) is 0 Å². The molecule has 2 aliphatic rings. The zero-order chi connectivity index (χ0) is 14.6. The van der Waals surface area contributed by atoms with Crippen LogP contribution >= 0.6 is 0 Å². The van der Waals surface area contributed by atoms with Gasteiger partial charge in [0.25, 0.3) is 0 Å². The second-order valence-corrected chi connectivity index (χ2v) is 7.52. The molecular weight excluding hydrogens is 248 g/mol. The molecule has 2 atom stereocenters. The third-order valence-electron chi connectivity index (χ3n) is 5.38. The van der Waals surface area contributed by atoms with Crippen LogP contribution in [0.2, 0.25) is 0 Å². The smallest absolute Gasteiger partial charge is 0.0469 e. The van der Waals surface area contributed by atoms with Crippen LogP contribution in [0.3, 0.4) is 0 Å². The first-order chi connectivity index (χ1) is 9.54. The van der Waals surface area contributed by atoms with E-state index in [9.17, 15) is 0 Å². The summed E-state index contributed by atoms with van der Waals surface area (Å²) in [6, 6.07) is 1.35. The SMILES string of the molecule is CCCNC1C(N(C)CC2CCOCC2)CCC1(C)C. The second kappa shape index (κ2) is 7.24. The lowest BCUT2D eigenvalue weighted by Crippen LogP contribution is -2.52. The fraction of sp³-hybridized carbons (Fsp3) is 1.00. The van der Waals surface area contributed by atoms with Crippen molar-refractivity contribution in [2.45, 2.75) is 65.0 Å². The van der Waals surface area contributed by atoms with Crippen LogP contribution in [-0.4, -0.2) is 50.3 Å². The highest BCUT2D eigenvalue weighted by molar-refractivity contribution is 5.00. The minimum absolute atomic E-state index is 0.434. The Bertz CT molecular complexity index is 287. The Balaban J connectivity index is 1.91. The van der Waals surface area contributed by atoms with Crippen molar-refractivity contribution in [3.05, 3.63) is 0 Å². The van der Waals surface area contributed by atoms with Gasteiger partial charge in [-0.3, -0.25) is 0 Å². The van der Waals surface area contributed by atoms with E-state index in [4.69, 9.17) is 4.74 Å². The Morgan fingerprint density at radius 1 is 1.20 bits per heavy atom. The molecule has 3 heteroatoms. The van der Waals surface area contributed by atoms with E-state index in [0.29, 0.717) is 17.5 Å². The Labute approximate surface area is 125 Å². The van der Waals surface area contributed by atoms with Gasteiger partial charge in [-0.1, -0.05) is 20.8 Å². The highest BCUT2D eigenvalue weighted by Gasteiger charge is 2.43. The summed E-state index contributed by atoms with van der Waals surface area (Å²) in [5.41, 5.74) is 0.434. The maximum absolute atomic E-state index is 5.48. The van der Waals surface area contributed by atoms with Gasteiger partial charge >= 0.3 is 0 Å². The van der Waals surface area contributed by atoms with E-state index < -0.39 is 0 Å². The number of nitrogens with zero attached hydrogens (tertiary/aromatic N) is 1. The van der Waals surface area contributed by atoms with Crippen molar-refractivity contribution in [2.75, 3.05) is 33.4 Å². The van der Waals surface area contributed by atoms with Gasteiger partial charge in [0.1, 0.15) is 0 Å². The molecule has 2 fully saturated rings. The van der Waals surface area contributed by atoms with Gasteiger partial charge in [-0.2, -0.15) is 0 Å². The maximum Gasteiger partial charge on any atom is 0.0469 e. The summed E-state index contributed by atoms with van der Waals surface area (Å²) < 4.78 is 5.48. The first-order valence-electron chi connectivity index (χ1n) is 8.56. The van der Waals surface area contributed by atoms with Gasteiger partial charge in [0.05, 0.1) is 0 Å². The topological polar surface area (TPSA) is 24.5 Å². The number of ether oxygens (including phenoxy) is 1. The summed E-state index contributed by atoms with van der Waals surface area (Å²) in [4.78, 5) is 2.64. The Morgan fingerprint density at radius 3 is 2.55 bits per heavy atom. The molecular formula is C17H34N2O. The first-order valence-corrected chi connectivity index (χ1v) is 8.56. The lowest BCUT2D eigenvalue weighted by atomic mass is 9.86. The van der Waals surface area contributed by atoms with Crippen LogP contribution in [-0.2, 0) is 4.74 Å². The van der Waals surface area contributed by atoms with Crippen LogP contribution in [0.25, 0.3) is 0 Å². The van der Waals surface area contributed by atoms with Gasteiger partial charge < -0.3 is 15.0 Å². The van der Waals surface area contributed by atoms with Gasteiger partial charge in [0.15, 0.2) is 0 Å². The van der Waals surface area contributed by atoms with Gasteiger partial charge in [-0.05, 0) is 57.0 Å². The molecule has 1 saturated carbocycles. The lowest BCUT2D eigenvalue weighted by molar-refractivity contribution is 0.0469. The van der Waals surface area contributed by atoms with Crippen LogP contribution in [0, 0.1) is 11.3 Å². The van der Waals surface area contributed by atoms with Crippen LogP contribution in [0.15, 0.2) is 0 Å². The predicted molar refractivity (Wildman–Crippen MR) is 85.1 cm³/mol. The molecule has 1 N–H and O–H groups in total. The third-order valence-corrected chi connectivity index (χ3v) is 5.38. The fourth-order valence-electron chi connectivity index (χ4n) is 4.02. The molecule has 3 nitrogen and oxygen atoms in total. The Hall–Kier alpha value is -0.120. The molecule has 1 saturated heterocycles. The van der Waals surface area contributed by atoms with Crippen molar-refractivity contribution >= 4 is 0 Å². The maximum atomic E-state index is 5.48. The van der Waals surface area contributed by atoms with E-state index in [1.807, 2.05) is 0 Å². The van der Waals surface area contributed by atoms with Crippen molar-refractivity contribution in [3.8, 4) is 0 Å². The molecule has 20 heavy (non-hydrogen) atoms. The molecule has 0 radical (unpaired) electrons.